The number of hydrogen-bond donors (Lipinski definition) is 1. The molecule has 0 aliphatic carbocycles. The van der Waals surface area contributed by atoms with Crippen molar-refractivity contribution in [3.05, 3.63) is 28.0 Å². The third-order valence-corrected chi connectivity index (χ3v) is 2.54. The molecule has 1 rings (SSSR count). The SMILES string of the molecule is CC(=Cc1cccs1)CNC(C)C. The van der Waals surface area contributed by atoms with Crippen LogP contribution in [0.15, 0.2) is 23.1 Å². The summed E-state index contributed by atoms with van der Waals surface area (Å²) in [5.74, 6) is 0. The molecule has 0 saturated carbocycles. The topological polar surface area (TPSA) is 12.0 Å². The maximum absolute atomic E-state index is 3.39. The quantitative estimate of drug-likeness (QED) is 0.778. The summed E-state index contributed by atoms with van der Waals surface area (Å²) in [5, 5.41) is 5.50. The molecule has 2 heteroatoms. The summed E-state index contributed by atoms with van der Waals surface area (Å²) in [5.41, 5.74) is 1.39. The molecule has 0 aromatic carbocycles. The Morgan fingerprint density at radius 1 is 1.62 bits per heavy atom. The Bertz CT molecular complexity index is 260. The van der Waals surface area contributed by atoms with Crippen LogP contribution in [0.3, 0.4) is 0 Å². The number of hydrogen-bond acceptors (Lipinski definition) is 2. The first kappa shape index (κ1) is 10.5. The van der Waals surface area contributed by atoms with Gasteiger partial charge in [0.1, 0.15) is 0 Å². The summed E-state index contributed by atoms with van der Waals surface area (Å²) < 4.78 is 0. The largest absolute Gasteiger partial charge is 0.311 e. The van der Waals surface area contributed by atoms with Crippen molar-refractivity contribution in [3.8, 4) is 0 Å². The van der Waals surface area contributed by atoms with Crippen LogP contribution in [0.1, 0.15) is 25.6 Å². The standard InChI is InChI=1S/C11H17NS/c1-9(2)12-8-10(3)7-11-5-4-6-13-11/h4-7,9,12H,8H2,1-3H3. The summed E-state index contributed by atoms with van der Waals surface area (Å²) in [4.78, 5) is 1.34. The van der Waals surface area contributed by atoms with Gasteiger partial charge in [0.05, 0.1) is 0 Å². The van der Waals surface area contributed by atoms with Gasteiger partial charge < -0.3 is 5.32 Å². The molecule has 1 heterocycles. The van der Waals surface area contributed by atoms with Gasteiger partial charge in [-0.25, -0.2) is 0 Å². The Morgan fingerprint density at radius 2 is 2.38 bits per heavy atom. The van der Waals surface area contributed by atoms with Crippen LogP contribution in [0.25, 0.3) is 6.08 Å². The van der Waals surface area contributed by atoms with Crippen molar-refractivity contribution in [1.29, 1.82) is 0 Å². The van der Waals surface area contributed by atoms with Gasteiger partial charge >= 0.3 is 0 Å². The van der Waals surface area contributed by atoms with Crippen molar-refractivity contribution < 1.29 is 0 Å². The molecule has 1 aromatic heterocycles. The predicted molar refractivity (Wildman–Crippen MR) is 61.1 cm³/mol. The van der Waals surface area contributed by atoms with E-state index in [1.165, 1.54) is 10.5 Å². The highest BCUT2D eigenvalue weighted by atomic mass is 32.1. The Kier molecular flexibility index (Phi) is 4.19. The van der Waals surface area contributed by atoms with E-state index < -0.39 is 0 Å². The lowest BCUT2D eigenvalue weighted by Crippen LogP contribution is -2.24. The number of nitrogens with one attached hydrogen (secondary N) is 1. The van der Waals surface area contributed by atoms with E-state index in [4.69, 9.17) is 0 Å². The van der Waals surface area contributed by atoms with Crippen LogP contribution in [-0.2, 0) is 0 Å². The average Bonchev–Trinajstić information content (AvgIpc) is 2.53. The highest BCUT2D eigenvalue weighted by Gasteiger charge is 1.94. The van der Waals surface area contributed by atoms with Gasteiger partial charge in [-0.15, -0.1) is 11.3 Å². The van der Waals surface area contributed by atoms with E-state index in [2.05, 4.69) is 49.7 Å². The van der Waals surface area contributed by atoms with Crippen LogP contribution in [-0.4, -0.2) is 12.6 Å². The molecule has 1 nitrogen and oxygen atoms in total. The van der Waals surface area contributed by atoms with Crippen LogP contribution < -0.4 is 5.32 Å². The maximum atomic E-state index is 3.39. The van der Waals surface area contributed by atoms with Crippen molar-refractivity contribution in [2.45, 2.75) is 26.8 Å². The molecule has 0 unspecified atom stereocenters. The van der Waals surface area contributed by atoms with Crippen LogP contribution >= 0.6 is 11.3 Å². The van der Waals surface area contributed by atoms with E-state index in [1.54, 1.807) is 11.3 Å². The first-order chi connectivity index (χ1) is 6.18. The van der Waals surface area contributed by atoms with E-state index >= 15 is 0 Å². The Labute approximate surface area is 84.5 Å². The lowest BCUT2D eigenvalue weighted by atomic mass is 10.2. The molecule has 0 saturated heterocycles. The third-order valence-electron chi connectivity index (χ3n) is 1.72. The fourth-order valence-electron chi connectivity index (χ4n) is 1.03. The predicted octanol–water partition coefficient (Wildman–Crippen LogP) is 3.15. The van der Waals surface area contributed by atoms with Gasteiger partial charge in [-0.2, -0.15) is 0 Å². The van der Waals surface area contributed by atoms with Crippen LogP contribution in [0, 0.1) is 0 Å². The molecular formula is C11H17NS. The molecule has 1 aromatic rings. The molecule has 13 heavy (non-hydrogen) atoms. The molecule has 0 radical (unpaired) electrons. The second-order valence-corrected chi connectivity index (χ2v) is 4.52. The van der Waals surface area contributed by atoms with Gasteiger partial charge in [-0.3, -0.25) is 0 Å². The monoisotopic (exact) mass is 195 g/mol. The molecule has 0 atom stereocenters. The van der Waals surface area contributed by atoms with Gasteiger partial charge in [0.25, 0.3) is 0 Å². The number of thiophene rings is 1. The van der Waals surface area contributed by atoms with Gasteiger partial charge in [-0.05, 0) is 24.4 Å². The molecular weight excluding hydrogens is 178 g/mol. The van der Waals surface area contributed by atoms with E-state index in [0.29, 0.717) is 6.04 Å². The van der Waals surface area contributed by atoms with Gasteiger partial charge in [-0.1, -0.05) is 25.5 Å². The minimum Gasteiger partial charge on any atom is -0.311 e. The zero-order chi connectivity index (χ0) is 9.68. The van der Waals surface area contributed by atoms with Gasteiger partial charge in [0.15, 0.2) is 0 Å². The molecule has 0 fully saturated rings. The van der Waals surface area contributed by atoms with Crippen molar-refractivity contribution in [2.75, 3.05) is 6.54 Å². The fraction of sp³-hybridized carbons (Fsp3) is 0.455. The lowest BCUT2D eigenvalue weighted by molar-refractivity contribution is 0.623. The summed E-state index contributed by atoms with van der Waals surface area (Å²) in [6.07, 6.45) is 2.24. The molecule has 72 valence electrons. The lowest BCUT2D eigenvalue weighted by Gasteiger charge is -2.07. The minimum atomic E-state index is 0.562. The van der Waals surface area contributed by atoms with Crippen LogP contribution in [0.2, 0.25) is 0 Å². The summed E-state index contributed by atoms with van der Waals surface area (Å²) >= 11 is 1.78. The van der Waals surface area contributed by atoms with E-state index in [9.17, 15) is 0 Å². The first-order valence-electron chi connectivity index (χ1n) is 4.62. The molecule has 0 aliphatic heterocycles. The zero-order valence-corrected chi connectivity index (χ0v) is 9.32. The fourth-order valence-corrected chi connectivity index (χ4v) is 1.77. The van der Waals surface area contributed by atoms with Crippen LogP contribution in [0.4, 0.5) is 0 Å². The Morgan fingerprint density at radius 3 is 2.92 bits per heavy atom. The van der Waals surface area contributed by atoms with Crippen molar-refractivity contribution >= 4 is 17.4 Å². The van der Waals surface area contributed by atoms with Gasteiger partial charge in [0, 0.05) is 17.5 Å². The smallest absolute Gasteiger partial charge is 0.0270 e. The number of rotatable bonds is 4. The molecule has 0 amide bonds. The van der Waals surface area contributed by atoms with E-state index in [1.807, 2.05) is 0 Å². The van der Waals surface area contributed by atoms with Crippen molar-refractivity contribution in [1.82, 2.24) is 5.32 Å². The van der Waals surface area contributed by atoms with Gasteiger partial charge in [0.2, 0.25) is 0 Å². The zero-order valence-electron chi connectivity index (χ0n) is 8.50. The molecule has 1 N–H and O–H groups in total. The maximum Gasteiger partial charge on any atom is 0.0270 e. The van der Waals surface area contributed by atoms with Crippen LogP contribution in [0.5, 0.6) is 0 Å². The molecule has 0 spiro atoms. The highest BCUT2D eigenvalue weighted by molar-refractivity contribution is 7.10. The van der Waals surface area contributed by atoms with Crippen molar-refractivity contribution in [3.63, 3.8) is 0 Å². The Balaban J connectivity index is 2.43. The van der Waals surface area contributed by atoms with E-state index in [-0.39, 0.29) is 0 Å². The normalized spacial score (nSPS) is 12.5. The highest BCUT2D eigenvalue weighted by Crippen LogP contribution is 2.12. The first-order valence-corrected chi connectivity index (χ1v) is 5.50. The molecule has 0 aliphatic rings. The summed E-state index contributed by atoms with van der Waals surface area (Å²) in [6, 6.07) is 4.79. The van der Waals surface area contributed by atoms with E-state index in [0.717, 1.165) is 6.54 Å². The Hall–Kier alpha value is -0.600. The summed E-state index contributed by atoms with van der Waals surface area (Å²) in [6.45, 7) is 7.47. The molecule has 0 bridgehead atoms. The average molecular weight is 195 g/mol. The second-order valence-electron chi connectivity index (χ2n) is 3.54. The second kappa shape index (κ2) is 5.20. The van der Waals surface area contributed by atoms with Crippen molar-refractivity contribution in [2.24, 2.45) is 0 Å². The third kappa shape index (κ3) is 4.25. The minimum absolute atomic E-state index is 0.562. The summed E-state index contributed by atoms with van der Waals surface area (Å²) in [7, 11) is 0.